The molecule has 1 amide bonds. The van der Waals surface area contributed by atoms with Gasteiger partial charge in [-0.05, 0) is 43.7 Å². The Morgan fingerprint density at radius 2 is 1.95 bits per heavy atom. The molecule has 0 aliphatic carbocycles. The van der Waals surface area contributed by atoms with Crippen LogP contribution in [-0.4, -0.2) is 22.4 Å². The molecule has 0 aliphatic rings. The number of benzene rings is 1. The summed E-state index contributed by atoms with van der Waals surface area (Å²) in [5.74, 6) is 0.251. The fraction of sp³-hybridized carbons (Fsp3) is 0.312. The first-order valence-electron chi connectivity index (χ1n) is 7.25. The number of nitrogens with zero attached hydrogens (tertiary/aromatic N) is 2. The normalized spacial score (nSPS) is 10.3. The van der Waals surface area contributed by atoms with Crippen LogP contribution < -0.4 is 10.6 Å². The van der Waals surface area contributed by atoms with Crippen LogP contribution in [0.25, 0.3) is 0 Å². The summed E-state index contributed by atoms with van der Waals surface area (Å²) in [6.45, 7) is 4.59. The lowest BCUT2D eigenvalue weighted by molar-refractivity contribution is 0.0948. The van der Waals surface area contributed by atoms with Gasteiger partial charge in [-0.2, -0.15) is 0 Å². The summed E-state index contributed by atoms with van der Waals surface area (Å²) in [5.41, 5.74) is 1.99. The van der Waals surface area contributed by atoms with Gasteiger partial charge in [-0.1, -0.05) is 29.3 Å². The average Bonchev–Trinajstić information content (AvgIpc) is 2.49. The molecule has 1 aromatic carbocycles. The van der Waals surface area contributed by atoms with E-state index in [1.807, 2.05) is 31.2 Å². The SMILES string of the molecule is CCCCNC(=O)c1cc(C)nc(Nc2ccc(Br)cc2)n1. The van der Waals surface area contributed by atoms with Gasteiger partial charge in [-0.3, -0.25) is 4.79 Å². The maximum atomic E-state index is 12.1. The number of carbonyl (C=O) groups excluding carboxylic acids is 1. The van der Waals surface area contributed by atoms with E-state index in [4.69, 9.17) is 0 Å². The molecule has 0 fully saturated rings. The first kappa shape index (κ1) is 16.4. The van der Waals surface area contributed by atoms with Gasteiger partial charge in [0.25, 0.3) is 5.91 Å². The predicted molar refractivity (Wildman–Crippen MR) is 91.4 cm³/mol. The van der Waals surface area contributed by atoms with E-state index in [0.717, 1.165) is 28.7 Å². The molecule has 1 aromatic heterocycles. The Bertz CT molecular complexity index is 643. The van der Waals surface area contributed by atoms with Gasteiger partial charge in [0.05, 0.1) is 0 Å². The maximum Gasteiger partial charge on any atom is 0.270 e. The molecule has 116 valence electrons. The molecule has 2 aromatic rings. The third-order valence-corrected chi connectivity index (χ3v) is 3.53. The van der Waals surface area contributed by atoms with Crippen molar-refractivity contribution in [3.05, 3.63) is 46.2 Å². The van der Waals surface area contributed by atoms with Crippen molar-refractivity contribution >= 4 is 33.5 Å². The van der Waals surface area contributed by atoms with Gasteiger partial charge in [0.2, 0.25) is 5.95 Å². The monoisotopic (exact) mass is 362 g/mol. The van der Waals surface area contributed by atoms with Crippen molar-refractivity contribution in [3.8, 4) is 0 Å². The van der Waals surface area contributed by atoms with Crippen molar-refractivity contribution in [3.63, 3.8) is 0 Å². The summed E-state index contributed by atoms with van der Waals surface area (Å²) in [7, 11) is 0. The Morgan fingerprint density at radius 1 is 1.23 bits per heavy atom. The molecule has 0 bridgehead atoms. The van der Waals surface area contributed by atoms with Crippen LogP contribution in [0.4, 0.5) is 11.6 Å². The smallest absolute Gasteiger partial charge is 0.270 e. The minimum atomic E-state index is -0.169. The molecule has 0 aliphatic heterocycles. The van der Waals surface area contributed by atoms with Crippen molar-refractivity contribution < 1.29 is 4.79 Å². The van der Waals surface area contributed by atoms with Crippen molar-refractivity contribution in [2.24, 2.45) is 0 Å². The number of nitrogens with one attached hydrogen (secondary N) is 2. The number of aryl methyl sites for hydroxylation is 1. The van der Waals surface area contributed by atoms with Crippen molar-refractivity contribution in [1.82, 2.24) is 15.3 Å². The number of halogens is 1. The number of rotatable bonds is 6. The molecular weight excluding hydrogens is 344 g/mol. The van der Waals surface area contributed by atoms with Crippen LogP contribution in [0, 0.1) is 6.92 Å². The highest BCUT2D eigenvalue weighted by Crippen LogP contribution is 2.17. The van der Waals surface area contributed by atoms with Gasteiger partial charge in [0, 0.05) is 22.4 Å². The number of carbonyl (C=O) groups is 1. The van der Waals surface area contributed by atoms with E-state index in [2.05, 4.69) is 43.5 Å². The number of aromatic nitrogens is 2. The Kier molecular flexibility index (Phi) is 5.89. The molecular formula is C16H19BrN4O. The van der Waals surface area contributed by atoms with Crippen LogP contribution in [0.2, 0.25) is 0 Å². The zero-order valence-electron chi connectivity index (χ0n) is 12.7. The molecule has 22 heavy (non-hydrogen) atoms. The second-order valence-electron chi connectivity index (χ2n) is 4.96. The number of hydrogen-bond donors (Lipinski definition) is 2. The summed E-state index contributed by atoms with van der Waals surface area (Å²) >= 11 is 3.39. The Labute approximate surface area is 138 Å². The molecule has 0 atom stereocenters. The van der Waals surface area contributed by atoms with E-state index in [9.17, 15) is 4.79 Å². The topological polar surface area (TPSA) is 66.9 Å². The van der Waals surface area contributed by atoms with E-state index < -0.39 is 0 Å². The molecule has 2 N–H and O–H groups in total. The van der Waals surface area contributed by atoms with Gasteiger partial charge in [-0.15, -0.1) is 0 Å². The molecule has 0 radical (unpaired) electrons. The average molecular weight is 363 g/mol. The Hall–Kier alpha value is -1.95. The fourth-order valence-electron chi connectivity index (χ4n) is 1.87. The lowest BCUT2D eigenvalue weighted by Crippen LogP contribution is -2.25. The number of hydrogen-bond acceptors (Lipinski definition) is 4. The quantitative estimate of drug-likeness (QED) is 0.766. The van der Waals surface area contributed by atoms with Crippen molar-refractivity contribution in [2.45, 2.75) is 26.7 Å². The zero-order valence-corrected chi connectivity index (χ0v) is 14.3. The third-order valence-electron chi connectivity index (χ3n) is 3.00. The predicted octanol–water partition coefficient (Wildman–Crippen LogP) is 3.82. The van der Waals surface area contributed by atoms with Crippen LogP contribution in [0.5, 0.6) is 0 Å². The second kappa shape index (κ2) is 7.89. The lowest BCUT2D eigenvalue weighted by Gasteiger charge is -2.09. The van der Waals surface area contributed by atoms with E-state index in [0.29, 0.717) is 18.2 Å². The largest absolute Gasteiger partial charge is 0.351 e. The lowest BCUT2D eigenvalue weighted by atomic mass is 10.3. The molecule has 0 spiro atoms. The highest BCUT2D eigenvalue weighted by atomic mass is 79.9. The number of anilines is 2. The summed E-state index contributed by atoms with van der Waals surface area (Å²) in [6, 6.07) is 9.37. The van der Waals surface area contributed by atoms with Crippen LogP contribution >= 0.6 is 15.9 Å². The third kappa shape index (κ3) is 4.80. The Morgan fingerprint density at radius 3 is 2.64 bits per heavy atom. The van der Waals surface area contributed by atoms with Gasteiger partial charge in [0.15, 0.2) is 0 Å². The minimum Gasteiger partial charge on any atom is -0.351 e. The van der Waals surface area contributed by atoms with Crippen LogP contribution in [0.15, 0.2) is 34.8 Å². The highest BCUT2D eigenvalue weighted by Gasteiger charge is 2.10. The fourth-order valence-corrected chi connectivity index (χ4v) is 2.14. The molecule has 0 saturated heterocycles. The minimum absolute atomic E-state index is 0.169. The molecule has 0 saturated carbocycles. The highest BCUT2D eigenvalue weighted by molar-refractivity contribution is 9.10. The standard InChI is InChI=1S/C16H19BrN4O/c1-3-4-9-18-15(22)14-10-11(2)19-16(21-14)20-13-7-5-12(17)6-8-13/h5-8,10H,3-4,9H2,1-2H3,(H,18,22)(H,19,20,21). The van der Waals surface area contributed by atoms with E-state index in [1.165, 1.54) is 0 Å². The van der Waals surface area contributed by atoms with E-state index in [-0.39, 0.29) is 5.91 Å². The van der Waals surface area contributed by atoms with Crippen LogP contribution in [0.1, 0.15) is 35.9 Å². The van der Waals surface area contributed by atoms with E-state index in [1.54, 1.807) is 6.07 Å². The Balaban J connectivity index is 2.12. The summed E-state index contributed by atoms with van der Waals surface area (Å²) in [5, 5.41) is 5.97. The van der Waals surface area contributed by atoms with Gasteiger partial charge < -0.3 is 10.6 Å². The first-order valence-corrected chi connectivity index (χ1v) is 8.04. The van der Waals surface area contributed by atoms with Gasteiger partial charge in [-0.25, -0.2) is 9.97 Å². The maximum absolute atomic E-state index is 12.1. The summed E-state index contributed by atoms with van der Waals surface area (Å²) < 4.78 is 0.999. The molecule has 0 unspecified atom stereocenters. The van der Waals surface area contributed by atoms with Gasteiger partial charge in [0.1, 0.15) is 5.69 Å². The van der Waals surface area contributed by atoms with Crippen LogP contribution in [0.3, 0.4) is 0 Å². The van der Waals surface area contributed by atoms with Crippen molar-refractivity contribution in [2.75, 3.05) is 11.9 Å². The second-order valence-corrected chi connectivity index (χ2v) is 5.88. The molecule has 5 nitrogen and oxygen atoms in total. The number of amides is 1. The summed E-state index contributed by atoms with van der Waals surface area (Å²) in [4.78, 5) is 20.7. The first-order chi connectivity index (χ1) is 10.6. The van der Waals surface area contributed by atoms with E-state index >= 15 is 0 Å². The van der Waals surface area contributed by atoms with Crippen molar-refractivity contribution in [1.29, 1.82) is 0 Å². The zero-order chi connectivity index (χ0) is 15.9. The van der Waals surface area contributed by atoms with Gasteiger partial charge >= 0.3 is 0 Å². The molecule has 2 rings (SSSR count). The van der Waals surface area contributed by atoms with Crippen LogP contribution in [-0.2, 0) is 0 Å². The molecule has 6 heteroatoms. The summed E-state index contributed by atoms with van der Waals surface area (Å²) in [6.07, 6.45) is 2.00. The molecule has 1 heterocycles. The number of unbranched alkanes of at least 4 members (excludes halogenated alkanes) is 1.